The summed E-state index contributed by atoms with van der Waals surface area (Å²) in [5.74, 6) is 0.441. The maximum atomic E-state index is 11.9. The van der Waals surface area contributed by atoms with E-state index in [1.54, 1.807) is 12.3 Å². The van der Waals surface area contributed by atoms with E-state index < -0.39 is 6.09 Å². The Morgan fingerprint density at radius 3 is 2.62 bits per heavy atom. The number of amides is 1. The predicted molar refractivity (Wildman–Crippen MR) is 90.5 cm³/mol. The van der Waals surface area contributed by atoms with Crippen molar-refractivity contribution in [3.8, 4) is 5.75 Å². The van der Waals surface area contributed by atoms with E-state index in [-0.39, 0.29) is 0 Å². The van der Waals surface area contributed by atoms with Crippen LogP contribution in [0.15, 0.2) is 60.8 Å². The predicted octanol–water partition coefficient (Wildman–Crippen LogP) is 4.45. The molecule has 0 aliphatic carbocycles. The van der Waals surface area contributed by atoms with Gasteiger partial charge in [-0.25, -0.2) is 4.79 Å². The fourth-order valence-corrected chi connectivity index (χ4v) is 2.29. The molecule has 0 unspecified atom stereocenters. The minimum atomic E-state index is -0.533. The van der Waals surface area contributed by atoms with Crippen molar-refractivity contribution in [1.82, 2.24) is 4.98 Å². The lowest BCUT2D eigenvalue weighted by molar-refractivity contribution is 0.215. The molecule has 4 nitrogen and oxygen atoms in total. The van der Waals surface area contributed by atoms with Gasteiger partial charge in [0, 0.05) is 20.8 Å². The molecule has 0 aliphatic rings. The first kappa shape index (κ1) is 13.8. The van der Waals surface area contributed by atoms with Gasteiger partial charge in [0.1, 0.15) is 5.52 Å². The van der Waals surface area contributed by atoms with Crippen molar-refractivity contribution < 1.29 is 9.53 Å². The Bertz CT molecular complexity index is 782. The van der Waals surface area contributed by atoms with Crippen LogP contribution >= 0.6 is 22.6 Å². The normalized spacial score (nSPS) is 10.3. The minimum absolute atomic E-state index is 0.441. The van der Waals surface area contributed by atoms with E-state index in [0.717, 1.165) is 8.96 Å². The van der Waals surface area contributed by atoms with Crippen molar-refractivity contribution in [1.29, 1.82) is 0 Å². The van der Waals surface area contributed by atoms with Crippen molar-refractivity contribution in [3.05, 3.63) is 64.4 Å². The summed E-state index contributed by atoms with van der Waals surface area (Å²) >= 11 is 2.21. The molecule has 3 aromatic rings. The highest BCUT2D eigenvalue weighted by Gasteiger charge is 2.09. The smallest absolute Gasteiger partial charge is 0.408 e. The zero-order chi connectivity index (χ0) is 14.7. The lowest BCUT2D eigenvalue weighted by Crippen LogP contribution is -2.16. The van der Waals surface area contributed by atoms with Gasteiger partial charge in [-0.05, 0) is 59.0 Å². The summed E-state index contributed by atoms with van der Waals surface area (Å²) in [6.45, 7) is 0. The summed E-state index contributed by atoms with van der Waals surface area (Å²) < 4.78 is 6.45. The largest absolute Gasteiger partial charge is 0.417 e. The van der Waals surface area contributed by atoms with Crippen molar-refractivity contribution in [3.63, 3.8) is 0 Å². The number of rotatable bonds is 2. The van der Waals surface area contributed by atoms with Gasteiger partial charge in [-0.3, -0.25) is 10.3 Å². The lowest BCUT2D eigenvalue weighted by Gasteiger charge is -2.08. The SMILES string of the molecule is O=C(Nc1ccc(I)cc1)Oc1cccc2cccnc12. The maximum Gasteiger partial charge on any atom is 0.417 e. The van der Waals surface area contributed by atoms with Gasteiger partial charge < -0.3 is 4.74 Å². The Kier molecular flexibility index (Phi) is 4.01. The lowest BCUT2D eigenvalue weighted by atomic mass is 10.2. The van der Waals surface area contributed by atoms with Gasteiger partial charge >= 0.3 is 6.09 Å². The molecule has 3 rings (SSSR count). The van der Waals surface area contributed by atoms with Gasteiger partial charge in [0.2, 0.25) is 0 Å². The van der Waals surface area contributed by atoms with Crippen LogP contribution in [0.25, 0.3) is 10.9 Å². The first-order valence-electron chi connectivity index (χ1n) is 6.30. The highest BCUT2D eigenvalue weighted by Crippen LogP contribution is 2.23. The van der Waals surface area contributed by atoms with Crippen LogP contribution < -0.4 is 10.1 Å². The molecule has 0 saturated heterocycles. The second-order valence-corrected chi connectivity index (χ2v) is 5.60. The number of hydrogen-bond donors (Lipinski definition) is 1. The van der Waals surface area contributed by atoms with Crippen LogP contribution in [-0.4, -0.2) is 11.1 Å². The highest BCUT2D eigenvalue weighted by molar-refractivity contribution is 14.1. The number of nitrogens with zero attached hydrogens (tertiary/aromatic N) is 1. The van der Waals surface area contributed by atoms with E-state index in [2.05, 4.69) is 32.9 Å². The van der Waals surface area contributed by atoms with Crippen LogP contribution in [0.2, 0.25) is 0 Å². The number of ether oxygens (including phenoxy) is 1. The third-order valence-corrected chi connectivity index (χ3v) is 3.61. The summed E-state index contributed by atoms with van der Waals surface area (Å²) in [7, 11) is 0. The number of carbonyl (C=O) groups is 1. The van der Waals surface area contributed by atoms with E-state index in [0.29, 0.717) is 17.0 Å². The van der Waals surface area contributed by atoms with Crippen LogP contribution in [0.1, 0.15) is 0 Å². The summed E-state index contributed by atoms with van der Waals surface area (Å²) in [6, 6.07) is 16.7. The Hall–Kier alpha value is -2.15. The van der Waals surface area contributed by atoms with Gasteiger partial charge in [0.05, 0.1) is 0 Å². The second-order valence-electron chi connectivity index (χ2n) is 4.35. The molecule has 104 valence electrons. The molecule has 0 saturated carbocycles. The molecule has 1 heterocycles. The minimum Gasteiger partial charge on any atom is -0.408 e. The fraction of sp³-hybridized carbons (Fsp3) is 0. The molecule has 0 fully saturated rings. The average molecular weight is 390 g/mol. The summed E-state index contributed by atoms with van der Waals surface area (Å²) in [5, 5.41) is 3.62. The molecule has 0 aliphatic heterocycles. The quantitative estimate of drug-likeness (QED) is 0.658. The molecule has 1 amide bonds. The van der Waals surface area contributed by atoms with Crippen LogP contribution in [0.3, 0.4) is 0 Å². The summed E-state index contributed by atoms with van der Waals surface area (Å²) in [5.41, 5.74) is 1.35. The Labute approximate surface area is 135 Å². The van der Waals surface area contributed by atoms with Gasteiger partial charge in [0.25, 0.3) is 0 Å². The standard InChI is InChI=1S/C16H11IN2O2/c17-12-6-8-13(9-7-12)19-16(20)21-14-5-1-3-11-4-2-10-18-15(11)14/h1-10H,(H,19,20). The van der Waals surface area contributed by atoms with E-state index >= 15 is 0 Å². The topological polar surface area (TPSA) is 51.2 Å². The highest BCUT2D eigenvalue weighted by atomic mass is 127. The van der Waals surface area contributed by atoms with Crippen LogP contribution in [0, 0.1) is 3.57 Å². The number of aromatic nitrogens is 1. The van der Waals surface area contributed by atoms with Gasteiger partial charge in [0.15, 0.2) is 5.75 Å². The first-order valence-corrected chi connectivity index (χ1v) is 7.38. The number of pyridine rings is 1. The fourth-order valence-electron chi connectivity index (χ4n) is 1.94. The van der Waals surface area contributed by atoms with Crippen molar-refractivity contribution in [2.45, 2.75) is 0 Å². The molecule has 1 N–H and O–H groups in total. The number of carbonyl (C=O) groups excluding carboxylic acids is 1. The van der Waals surface area contributed by atoms with E-state index in [4.69, 9.17) is 4.74 Å². The monoisotopic (exact) mass is 390 g/mol. The third-order valence-electron chi connectivity index (χ3n) is 2.89. The number of halogens is 1. The molecule has 5 heteroatoms. The van der Waals surface area contributed by atoms with Crippen LogP contribution in [0.5, 0.6) is 5.75 Å². The molecule has 0 atom stereocenters. The molecule has 21 heavy (non-hydrogen) atoms. The van der Waals surface area contributed by atoms with E-state index in [1.807, 2.05) is 48.5 Å². The Morgan fingerprint density at radius 1 is 1.05 bits per heavy atom. The van der Waals surface area contributed by atoms with Crippen LogP contribution in [-0.2, 0) is 0 Å². The van der Waals surface area contributed by atoms with Crippen molar-refractivity contribution in [2.24, 2.45) is 0 Å². The zero-order valence-corrected chi connectivity index (χ0v) is 13.1. The third kappa shape index (κ3) is 3.30. The number of anilines is 1. The second kappa shape index (κ2) is 6.09. The number of fused-ring (bicyclic) bond motifs is 1. The molecule has 1 aromatic heterocycles. The molecule has 0 spiro atoms. The number of nitrogens with one attached hydrogen (secondary N) is 1. The molecule has 0 bridgehead atoms. The molecule has 0 radical (unpaired) electrons. The van der Waals surface area contributed by atoms with Gasteiger partial charge in [-0.2, -0.15) is 0 Å². The number of benzene rings is 2. The molecular formula is C16H11IN2O2. The van der Waals surface area contributed by atoms with Crippen LogP contribution in [0.4, 0.5) is 10.5 Å². The number of hydrogen-bond acceptors (Lipinski definition) is 3. The maximum absolute atomic E-state index is 11.9. The molecule has 2 aromatic carbocycles. The number of para-hydroxylation sites is 1. The zero-order valence-electron chi connectivity index (χ0n) is 10.9. The summed E-state index contributed by atoms with van der Waals surface area (Å²) in [6.07, 6.45) is 1.14. The average Bonchev–Trinajstić information content (AvgIpc) is 2.50. The Morgan fingerprint density at radius 2 is 1.81 bits per heavy atom. The van der Waals surface area contributed by atoms with Gasteiger partial charge in [-0.1, -0.05) is 18.2 Å². The van der Waals surface area contributed by atoms with Crippen molar-refractivity contribution >= 4 is 45.3 Å². The van der Waals surface area contributed by atoms with Crippen molar-refractivity contribution in [2.75, 3.05) is 5.32 Å². The molecular weight excluding hydrogens is 379 g/mol. The summed E-state index contributed by atoms with van der Waals surface area (Å²) in [4.78, 5) is 16.2. The first-order chi connectivity index (χ1) is 10.2. The van der Waals surface area contributed by atoms with E-state index in [1.165, 1.54) is 0 Å². The Balaban J connectivity index is 1.79. The van der Waals surface area contributed by atoms with Gasteiger partial charge in [-0.15, -0.1) is 0 Å². The van der Waals surface area contributed by atoms with E-state index in [9.17, 15) is 4.79 Å².